The Labute approximate surface area is 128 Å². The summed E-state index contributed by atoms with van der Waals surface area (Å²) in [7, 11) is 0. The second-order valence-corrected chi connectivity index (χ2v) is 6.79. The van der Waals surface area contributed by atoms with Gasteiger partial charge in [-0.05, 0) is 50.9 Å². The van der Waals surface area contributed by atoms with E-state index in [1.165, 1.54) is 32.1 Å². The molecule has 1 amide bonds. The van der Waals surface area contributed by atoms with Crippen LogP contribution in [0.3, 0.4) is 0 Å². The van der Waals surface area contributed by atoms with Crippen molar-refractivity contribution in [2.75, 3.05) is 26.2 Å². The first-order chi connectivity index (χ1) is 9.15. The fourth-order valence-electron chi connectivity index (χ4n) is 4.28. The van der Waals surface area contributed by atoms with Crippen LogP contribution in [0.15, 0.2) is 0 Å². The van der Waals surface area contributed by atoms with Gasteiger partial charge < -0.3 is 10.6 Å². The molecule has 2 aliphatic heterocycles. The highest BCUT2D eigenvalue weighted by Gasteiger charge is 2.41. The molecule has 1 aliphatic carbocycles. The van der Waals surface area contributed by atoms with Gasteiger partial charge in [-0.1, -0.05) is 0 Å². The van der Waals surface area contributed by atoms with E-state index in [0.29, 0.717) is 30.5 Å². The quantitative estimate of drug-likeness (QED) is 0.840. The van der Waals surface area contributed by atoms with Gasteiger partial charge in [0.2, 0.25) is 5.91 Å². The van der Waals surface area contributed by atoms with Gasteiger partial charge in [0, 0.05) is 31.7 Å². The van der Waals surface area contributed by atoms with Crippen molar-refractivity contribution in [2.24, 2.45) is 17.6 Å². The summed E-state index contributed by atoms with van der Waals surface area (Å²) in [4.78, 5) is 16.9. The standard InChI is InChI=1S/C15H27N3O.ClH/c1-11-4-2-3-7-18(11)15(19)10-17-8-12-5-6-14(16)13(12)9-17;/h11-14H,2-10,16H2,1H3;1H. The zero-order valence-electron chi connectivity index (χ0n) is 12.5. The number of rotatable bonds is 2. The van der Waals surface area contributed by atoms with E-state index in [2.05, 4.69) is 16.7 Å². The first-order valence-electron chi connectivity index (χ1n) is 7.92. The Bertz CT molecular complexity index is 352. The summed E-state index contributed by atoms with van der Waals surface area (Å²) in [6, 6.07) is 0.810. The molecule has 3 rings (SSSR count). The van der Waals surface area contributed by atoms with Crippen molar-refractivity contribution in [2.45, 2.75) is 51.1 Å². The number of nitrogens with zero attached hydrogens (tertiary/aromatic N) is 2. The molecule has 3 aliphatic rings. The van der Waals surface area contributed by atoms with Crippen molar-refractivity contribution < 1.29 is 4.79 Å². The monoisotopic (exact) mass is 301 g/mol. The second kappa shape index (κ2) is 6.63. The lowest BCUT2D eigenvalue weighted by molar-refractivity contribution is -0.135. The topological polar surface area (TPSA) is 49.6 Å². The molecule has 2 N–H and O–H groups in total. The molecule has 0 aromatic heterocycles. The molecule has 116 valence electrons. The largest absolute Gasteiger partial charge is 0.339 e. The third-order valence-electron chi connectivity index (χ3n) is 5.47. The average molecular weight is 302 g/mol. The number of halogens is 1. The van der Waals surface area contributed by atoms with Crippen LogP contribution >= 0.6 is 12.4 Å². The van der Waals surface area contributed by atoms with E-state index in [4.69, 9.17) is 5.73 Å². The van der Waals surface area contributed by atoms with Crippen molar-refractivity contribution in [1.82, 2.24) is 9.80 Å². The Morgan fingerprint density at radius 2 is 2.00 bits per heavy atom. The van der Waals surface area contributed by atoms with Gasteiger partial charge in [-0.15, -0.1) is 12.4 Å². The first-order valence-corrected chi connectivity index (χ1v) is 7.92. The van der Waals surface area contributed by atoms with E-state index < -0.39 is 0 Å². The van der Waals surface area contributed by atoms with E-state index >= 15 is 0 Å². The van der Waals surface area contributed by atoms with Crippen LogP contribution in [-0.4, -0.2) is 54.0 Å². The van der Waals surface area contributed by atoms with Gasteiger partial charge >= 0.3 is 0 Å². The summed E-state index contributed by atoms with van der Waals surface area (Å²) in [6.45, 7) is 5.89. The number of carbonyl (C=O) groups is 1. The highest BCUT2D eigenvalue weighted by atomic mass is 35.5. The molecule has 0 aromatic rings. The summed E-state index contributed by atoms with van der Waals surface area (Å²) < 4.78 is 0. The fraction of sp³-hybridized carbons (Fsp3) is 0.933. The molecule has 4 nitrogen and oxygen atoms in total. The lowest BCUT2D eigenvalue weighted by atomic mass is 9.98. The van der Waals surface area contributed by atoms with Crippen LogP contribution in [0, 0.1) is 11.8 Å². The number of carbonyl (C=O) groups excluding carboxylic acids is 1. The number of piperidine rings is 1. The van der Waals surface area contributed by atoms with Crippen LogP contribution in [0.1, 0.15) is 39.0 Å². The number of hydrogen-bond acceptors (Lipinski definition) is 3. The molecule has 0 aromatic carbocycles. The number of nitrogens with two attached hydrogens (primary N) is 1. The van der Waals surface area contributed by atoms with Crippen LogP contribution in [-0.2, 0) is 4.79 Å². The van der Waals surface area contributed by atoms with E-state index in [1.54, 1.807) is 0 Å². The van der Waals surface area contributed by atoms with Gasteiger partial charge in [0.25, 0.3) is 0 Å². The van der Waals surface area contributed by atoms with Crippen LogP contribution in [0.5, 0.6) is 0 Å². The highest BCUT2D eigenvalue weighted by Crippen LogP contribution is 2.37. The van der Waals surface area contributed by atoms with Gasteiger partial charge in [0.15, 0.2) is 0 Å². The van der Waals surface area contributed by atoms with E-state index in [1.807, 2.05) is 0 Å². The van der Waals surface area contributed by atoms with E-state index in [0.717, 1.165) is 25.6 Å². The minimum Gasteiger partial charge on any atom is -0.339 e. The lowest BCUT2D eigenvalue weighted by Gasteiger charge is -2.34. The summed E-state index contributed by atoms with van der Waals surface area (Å²) >= 11 is 0. The third-order valence-corrected chi connectivity index (χ3v) is 5.47. The predicted octanol–water partition coefficient (Wildman–Crippen LogP) is 1.48. The van der Waals surface area contributed by atoms with Crippen molar-refractivity contribution in [3.63, 3.8) is 0 Å². The maximum Gasteiger partial charge on any atom is 0.236 e. The van der Waals surface area contributed by atoms with Crippen molar-refractivity contribution in [3.05, 3.63) is 0 Å². The number of amides is 1. The molecular weight excluding hydrogens is 274 g/mol. The number of fused-ring (bicyclic) bond motifs is 1. The molecule has 2 saturated heterocycles. The molecule has 3 fully saturated rings. The average Bonchev–Trinajstić information content (AvgIpc) is 2.92. The second-order valence-electron chi connectivity index (χ2n) is 6.79. The molecule has 5 heteroatoms. The predicted molar refractivity (Wildman–Crippen MR) is 82.9 cm³/mol. The van der Waals surface area contributed by atoms with Crippen LogP contribution in [0.2, 0.25) is 0 Å². The molecule has 0 bridgehead atoms. The fourth-order valence-corrected chi connectivity index (χ4v) is 4.28. The zero-order chi connectivity index (χ0) is 13.4. The summed E-state index contributed by atoms with van der Waals surface area (Å²) in [5.41, 5.74) is 6.16. The van der Waals surface area contributed by atoms with Crippen molar-refractivity contribution >= 4 is 18.3 Å². The maximum absolute atomic E-state index is 12.4. The van der Waals surface area contributed by atoms with Crippen LogP contribution in [0.4, 0.5) is 0 Å². The molecule has 4 atom stereocenters. The normalized spacial score (nSPS) is 37.6. The van der Waals surface area contributed by atoms with Gasteiger partial charge in [0.05, 0.1) is 6.54 Å². The van der Waals surface area contributed by atoms with Crippen molar-refractivity contribution in [1.29, 1.82) is 0 Å². The number of hydrogen-bond donors (Lipinski definition) is 1. The summed E-state index contributed by atoms with van der Waals surface area (Å²) in [6.07, 6.45) is 6.05. The van der Waals surface area contributed by atoms with Gasteiger partial charge in [-0.25, -0.2) is 0 Å². The Balaban J connectivity index is 0.00000147. The number of likely N-dealkylation sites (tertiary alicyclic amines) is 2. The molecule has 0 spiro atoms. The summed E-state index contributed by atoms with van der Waals surface area (Å²) in [5, 5.41) is 0. The SMILES string of the molecule is CC1CCCCN1C(=O)CN1CC2CCC(N)C2C1.Cl. The Morgan fingerprint density at radius 3 is 2.70 bits per heavy atom. The maximum atomic E-state index is 12.4. The smallest absolute Gasteiger partial charge is 0.236 e. The Hall–Kier alpha value is -0.320. The molecule has 20 heavy (non-hydrogen) atoms. The van der Waals surface area contributed by atoms with E-state index in [9.17, 15) is 4.79 Å². The zero-order valence-corrected chi connectivity index (χ0v) is 13.3. The highest BCUT2D eigenvalue weighted by molar-refractivity contribution is 5.85. The van der Waals surface area contributed by atoms with Gasteiger partial charge in [-0.3, -0.25) is 9.69 Å². The molecule has 1 saturated carbocycles. The van der Waals surface area contributed by atoms with Gasteiger partial charge in [-0.2, -0.15) is 0 Å². The summed E-state index contributed by atoms with van der Waals surface area (Å²) in [5.74, 6) is 1.73. The minimum atomic E-state index is 0. The Kier molecular flexibility index (Phi) is 5.32. The molecule has 0 radical (unpaired) electrons. The Morgan fingerprint density at radius 1 is 1.20 bits per heavy atom. The van der Waals surface area contributed by atoms with Gasteiger partial charge in [0.1, 0.15) is 0 Å². The molecule has 4 unspecified atom stereocenters. The first kappa shape index (κ1) is 16.1. The van der Waals surface area contributed by atoms with Crippen molar-refractivity contribution in [3.8, 4) is 0 Å². The molecular formula is C15H28ClN3O. The van der Waals surface area contributed by atoms with Crippen LogP contribution < -0.4 is 5.73 Å². The third kappa shape index (κ3) is 3.12. The molecule has 2 heterocycles. The lowest BCUT2D eigenvalue weighted by Crippen LogP contribution is -2.46. The minimum absolute atomic E-state index is 0. The van der Waals surface area contributed by atoms with Crippen LogP contribution in [0.25, 0.3) is 0 Å². The van der Waals surface area contributed by atoms with E-state index in [-0.39, 0.29) is 12.4 Å².